The molecule has 0 aliphatic carbocycles. The van der Waals surface area contributed by atoms with E-state index in [-0.39, 0.29) is 18.5 Å². The van der Waals surface area contributed by atoms with Crippen LogP contribution in [0.5, 0.6) is 0 Å². The number of thiazole rings is 1. The number of urea groups is 1. The number of benzene rings is 1. The molecule has 1 atom stereocenters. The second-order valence-corrected chi connectivity index (χ2v) is 7.03. The van der Waals surface area contributed by atoms with Gasteiger partial charge in [0.05, 0.1) is 11.0 Å². The van der Waals surface area contributed by atoms with Crippen molar-refractivity contribution in [1.29, 1.82) is 0 Å². The molecule has 1 aromatic heterocycles. The fourth-order valence-electron chi connectivity index (χ4n) is 2.12. The van der Waals surface area contributed by atoms with E-state index < -0.39 is 6.10 Å². The summed E-state index contributed by atoms with van der Waals surface area (Å²) in [5.41, 5.74) is 3.53. The van der Waals surface area contributed by atoms with Crippen molar-refractivity contribution >= 4 is 22.5 Å². The van der Waals surface area contributed by atoms with Crippen LogP contribution in [0.4, 0.5) is 9.93 Å². The van der Waals surface area contributed by atoms with Gasteiger partial charge < -0.3 is 10.4 Å². The van der Waals surface area contributed by atoms with Gasteiger partial charge in [0.1, 0.15) is 0 Å². The Bertz CT molecular complexity index is 682. The lowest BCUT2D eigenvalue weighted by Crippen LogP contribution is -2.37. The lowest BCUT2D eigenvalue weighted by molar-refractivity contribution is 0.126. The molecule has 5 nitrogen and oxygen atoms in total. The van der Waals surface area contributed by atoms with Crippen molar-refractivity contribution in [3.8, 4) is 10.4 Å². The Morgan fingerprint density at radius 3 is 2.74 bits per heavy atom. The van der Waals surface area contributed by atoms with Crippen molar-refractivity contribution in [3.05, 3.63) is 35.5 Å². The van der Waals surface area contributed by atoms with Gasteiger partial charge in [0.25, 0.3) is 0 Å². The second-order valence-electron chi connectivity index (χ2n) is 5.99. The van der Waals surface area contributed by atoms with Crippen LogP contribution in [0.25, 0.3) is 10.4 Å². The third-order valence-electron chi connectivity index (χ3n) is 3.61. The summed E-state index contributed by atoms with van der Waals surface area (Å²) in [6, 6.07) is 5.91. The first-order chi connectivity index (χ1) is 10.9. The summed E-state index contributed by atoms with van der Waals surface area (Å²) < 4.78 is 0. The van der Waals surface area contributed by atoms with Crippen molar-refractivity contribution in [1.82, 2.24) is 10.3 Å². The van der Waals surface area contributed by atoms with E-state index in [1.165, 1.54) is 22.5 Å². The fraction of sp³-hybridized carbons (Fsp3) is 0.412. The Balaban J connectivity index is 1.98. The van der Waals surface area contributed by atoms with Crippen LogP contribution < -0.4 is 10.6 Å². The molecule has 0 saturated carbocycles. The average molecular weight is 333 g/mol. The Morgan fingerprint density at radius 2 is 2.09 bits per heavy atom. The Hall–Kier alpha value is -1.92. The Labute approximate surface area is 140 Å². The highest BCUT2D eigenvalue weighted by molar-refractivity contribution is 7.19. The molecule has 0 fully saturated rings. The van der Waals surface area contributed by atoms with Gasteiger partial charge in [-0.05, 0) is 30.9 Å². The quantitative estimate of drug-likeness (QED) is 0.783. The molecule has 0 radical (unpaired) electrons. The van der Waals surface area contributed by atoms with Crippen LogP contribution in [0.2, 0.25) is 0 Å². The van der Waals surface area contributed by atoms with Crippen LogP contribution in [0, 0.1) is 19.8 Å². The van der Waals surface area contributed by atoms with Gasteiger partial charge in [0.15, 0.2) is 5.13 Å². The van der Waals surface area contributed by atoms with Crippen LogP contribution in [-0.2, 0) is 0 Å². The Kier molecular flexibility index (Phi) is 5.74. The molecule has 0 spiro atoms. The molecule has 1 aromatic carbocycles. The van der Waals surface area contributed by atoms with E-state index in [1.807, 2.05) is 13.8 Å². The third kappa shape index (κ3) is 4.77. The number of aliphatic hydroxyl groups is 1. The lowest BCUT2D eigenvalue weighted by atomic mass is 10.1. The number of nitrogens with one attached hydrogen (secondary N) is 2. The largest absolute Gasteiger partial charge is 0.391 e. The first-order valence-electron chi connectivity index (χ1n) is 7.63. The third-order valence-corrected chi connectivity index (χ3v) is 4.56. The van der Waals surface area contributed by atoms with Gasteiger partial charge in [-0.25, -0.2) is 9.78 Å². The van der Waals surface area contributed by atoms with E-state index in [9.17, 15) is 9.90 Å². The molecule has 2 rings (SSSR count). The molecule has 6 heteroatoms. The normalized spacial score (nSPS) is 12.3. The number of aryl methyl sites for hydroxylation is 2. The maximum atomic E-state index is 11.8. The number of amides is 2. The highest BCUT2D eigenvalue weighted by Gasteiger charge is 2.12. The van der Waals surface area contributed by atoms with Gasteiger partial charge >= 0.3 is 6.03 Å². The average Bonchev–Trinajstić information content (AvgIpc) is 2.92. The Morgan fingerprint density at radius 1 is 1.35 bits per heavy atom. The number of nitrogens with zero attached hydrogens (tertiary/aromatic N) is 1. The summed E-state index contributed by atoms with van der Waals surface area (Å²) in [5.74, 6) is 0.103. The molecule has 0 aliphatic rings. The minimum absolute atomic E-state index is 0.103. The first kappa shape index (κ1) is 17.4. The first-order valence-corrected chi connectivity index (χ1v) is 8.45. The zero-order valence-corrected chi connectivity index (χ0v) is 14.7. The van der Waals surface area contributed by atoms with Crippen molar-refractivity contribution < 1.29 is 9.90 Å². The molecule has 0 saturated heterocycles. The number of hydrogen-bond acceptors (Lipinski definition) is 4. The van der Waals surface area contributed by atoms with E-state index in [4.69, 9.17) is 0 Å². The molecule has 0 bridgehead atoms. The summed E-state index contributed by atoms with van der Waals surface area (Å²) in [4.78, 5) is 17.1. The van der Waals surface area contributed by atoms with E-state index in [0.29, 0.717) is 5.13 Å². The topological polar surface area (TPSA) is 74.2 Å². The smallest absolute Gasteiger partial charge is 0.321 e. The van der Waals surface area contributed by atoms with Crippen LogP contribution in [0.3, 0.4) is 0 Å². The maximum Gasteiger partial charge on any atom is 0.321 e. The summed E-state index contributed by atoms with van der Waals surface area (Å²) >= 11 is 1.43. The number of rotatable bonds is 5. The number of carbonyl (C=O) groups excluding carboxylic acids is 1. The molecule has 0 unspecified atom stereocenters. The molecule has 3 N–H and O–H groups in total. The zero-order chi connectivity index (χ0) is 17.0. The molecule has 2 amide bonds. The minimum atomic E-state index is -0.553. The summed E-state index contributed by atoms with van der Waals surface area (Å²) in [5, 5.41) is 15.6. The summed E-state index contributed by atoms with van der Waals surface area (Å²) in [6.45, 7) is 8.16. The second kappa shape index (κ2) is 7.57. The van der Waals surface area contributed by atoms with Crippen LogP contribution in [0.1, 0.15) is 25.0 Å². The molecule has 2 aromatic rings. The van der Waals surface area contributed by atoms with E-state index in [2.05, 4.69) is 47.7 Å². The fourth-order valence-corrected chi connectivity index (χ4v) is 3.02. The van der Waals surface area contributed by atoms with E-state index in [1.54, 1.807) is 6.20 Å². The molecular formula is C17H23N3O2S. The summed E-state index contributed by atoms with van der Waals surface area (Å²) in [6.07, 6.45) is 1.21. The lowest BCUT2D eigenvalue weighted by Gasteiger charge is -2.14. The van der Waals surface area contributed by atoms with Gasteiger partial charge in [0.2, 0.25) is 0 Å². The molecular weight excluding hydrogens is 310 g/mol. The van der Waals surface area contributed by atoms with Gasteiger partial charge in [-0.3, -0.25) is 5.32 Å². The molecule has 1 heterocycles. The molecule has 23 heavy (non-hydrogen) atoms. The SMILES string of the molecule is Cc1ccc(-c2cnc(NC(=O)NC[C@@H](O)C(C)C)s2)c(C)c1. The van der Waals surface area contributed by atoms with Crippen LogP contribution in [0.15, 0.2) is 24.4 Å². The standard InChI is InChI=1S/C17H23N3O2S/c1-10(2)14(21)8-18-16(22)20-17-19-9-15(23-17)13-6-5-11(3)7-12(13)4/h5-7,9-10,14,21H,8H2,1-4H3,(H2,18,19,20,22)/t14-/m1/s1. The van der Waals surface area contributed by atoms with E-state index in [0.717, 1.165) is 10.4 Å². The van der Waals surface area contributed by atoms with Crippen molar-refractivity contribution in [3.63, 3.8) is 0 Å². The predicted octanol–water partition coefficient (Wildman–Crippen LogP) is 3.57. The van der Waals surface area contributed by atoms with Gasteiger partial charge in [-0.15, -0.1) is 0 Å². The summed E-state index contributed by atoms with van der Waals surface area (Å²) in [7, 11) is 0. The van der Waals surface area contributed by atoms with Gasteiger partial charge in [-0.2, -0.15) is 0 Å². The molecule has 0 aliphatic heterocycles. The van der Waals surface area contributed by atoms with Gasteiger partial charge in [0, 0.05) is 12.7 Å². The van der Waals surface area contributed by atoms with E-state index >= 15 is 0 Å². The van der Waals surface area contributed by atoms with Crippen LogP contribution >= 0.6 is 11.3 Å². The maximum absolute atomic E-state index is 11.8. The van der Waals surface area contributed by atoms with Gasteiger partial charge in [-0.1, -0.05) is 48.9 Å². The number of hydrogen-bond donors (Lipinski definition) is 3. The van der Waals surface area contributed by atoms with Crippen molar-refractivity contribution in [2.24, 2.45) is 5.92 Å². The number of aliphatic hydroxyl groups excluding tert-OH is 1. The minimum Gasteiger partial charge on any atom is -0.391 e. The highest BCUT2D eigenvalue weighted by atomic mass is 32.1. The predicted molar refractivity (Wildman–Crippen MR) is 94.9 cm³/mol. The zero-order valence-electron chi connectivity index (χ0n) is 13.9. The highest BCUT2D eigenvalue weighted by Crippen LogP contribution is 2.31. The molecule has 124 valence electrons. The van der Waals surface area contributed by atoms with Crippen LogP contribution in [-0.4, -0.2) is 28.8 Å². The number of anilines is 1. The van der Waals surface area contributed by atoms with Crippen molar-refractivity contribution in [2.75, 3.05) is 11.9 Å². The monoisotopic (exact) mass is 333 g/mol. The number of aromatic nitrogens is 1. The number of carbonyl (C=O) groups is 1. The van der Waals surface area contributed by atoms with Crippen molar-refractivity contribution in [2.45, 2.75) is 33.8 Å².